The van der Waals surface area contributed by atoms with Crippen molar-refractivity contribution in [3.63, 3.8) is 0 Å². The lowest BCUT2D eigenvalue weighted by atomic mass is 9.78. The fourth-order valence-corrected chi connectivity index (χ4v) is 5.25. The molecule has 1 N–H and O–H groups in total. The molecule has 2 atom stereocenters. The number of aliphatic imine (C=N–C) groups is 1. The summed E-state index contributed by atoms with van der Waals surface area (Å²) in [6, 6.07) is 0. The SMILES string of the molecule is CN=C(NCC1CCCOC1C(C)(C)C)N1CCS(=O)(=O)C(C)(C)C1. The summed E-state index contributed by atoms with van der Waals surface area (Å²) in [4.78, 5) is 6.46. The summed E-state index contributed by atoms with van der Waals surface area (Å²) < 4.78 is 29.7. The predicted octanol–water partition coefficient (Wildman–Crippen LogP) is 1.91. The van der Waals surface area contributed by atoms with Crippen LogP contribution in [0.5, 0.6) is 0 Å². The topological polar surface area (TPSA) is 71.0 Å². The highest BCUT2D eigenvalue weighted by atomic mass is 32.2. The molecule has 0 spiro atoms. The van der Waals surface area contributed by atoms with Crippen LogP contribution in [0, 0.1) is 11.3 Å². The van der Waals surface area contributed by atoms with Crippen molar-refractivity contribution in [2.45, 2.75) is 58.3 Å². The maximum Gasteiger partial charge on any atom is 0.193 e. The minimum absolute atomic E-state index is 0.109. The first-order chi connectivity index (χ1) is 11.5. The third-order valence-electron chi connectivity index (χ3n) is 5.38. The molecule has 2 fully saturated rings. The highest BCUT2D eigenvalue weighted by Crippen LogP contribution is 2.33. The van der Waals surface area contributed by atoms with Crippen molar-refractivity contribution in [2.75, 3.05) is 39.0 Å². The van der Waals surface area contributed by atoms with Crippen LogP contribution in [0.1, 0.15) is 47.5 Å². The molecule has 0 aromatic rings. The molecule has 0 aromatic heterocycles. The van der Waals surface area contributed by atoms with Crippen molar-refractivity contribution >= 4 is 15.8 Å². The van der Waals surface area contributed by atoms with Gasteiger partial charge in [-0.3, -0.25) is 4.99 Å². The van der Waals surface area contributed by atoms with E-state index < -0.39 is 14.6 Å². The number of sulfone groups is 1. The fraction of sp³-hybridized carbons (Fsp3) is 0.944. The zero-order valence-corrected chi connectivity index (χ0v) is 17.4. The molecule has 0 amide bonds. The van der Waals surface area contributed by atoms with Crippen LogP contribution in [0.15, 0.2) is 4.99 Å². The van der Waals surface area contributed by atoms with Crippen LogP contribution < -0.4 is 5.32 Å². The maximum atomic E-state index is 12.2. The Hall–Kier alpha value is -0.820. The van der Waals surface area contributed by atoms with Crippen LogP contribution in [-0.4, -0.2) is 69.2 Å². The van der Waals surface area contributed by atoms with Crippen LogP contribution in [0.2, 0.25) is 0 Å². The van der Waals surface area contributed by atoms with Gasteiger partial charge in [-0.05, 0) is 32.1 Å². The van der Waals surface area contributed by atoms with Gasteiger partial charge in [-0.2, -0.15) is 0 Å². The Morgan fingerprint density at radius 1 is 1.36 bits per heavy atom. The van der Waals surface area contributed by atoms with Crippen LogP contribution in [0.4, 0.5) is 0 Å². The Bertz CT molecular complexity index is 593. The minimum atomic E-state index is -3.04. The zero-order valence-electron chi connectivity index (χ0n) is 16.6. The van der Waals surface area contributed by atoms with Crippen molar-refractivity contribution in [2.24, 2.45) is 16.3 Å². The second-order valence-corrected chi connectivity index (χ2v) is 11.7. The first-order valence-electron chi connectivity index (χ1n) is 9.27. The first kappa shape index (κ1) is 20.5. The highest BCUT2D eigenvalue weighted by molar-refractivity contribution is 7.92. The molecule has 146 valence electrons. The highest BCUT2D eigenvalue weighted by Gasteiger charge is 2.41. The molecular formula is C18H35N3O3S. The van der Waals surface area contributed by atoms with E-state index in [-0.39, 0.29) is 17.3 Å². The molecule has 0 aromatic carbocycles. The Morgan fingerprint density at radius 3 is 2.60 bits per heavy atom. The summed E-state index contributed by atoms with van der Waals surface area (Å²) in [6.45, 7) is 12.9. The molecule has 0 saturated carbocycles. The van der Waals surface area contributed by atoms with E-state index in [0.717, 1.165) is 32.0 Å². The van der Waals surface area contributed by atoms with E-state index in [1.165, 1.54) is 0 Å². The van der Waals surface area contributed by atoms with Gasteiger partial charge >= 0.3 is 0 Å². The third kappa shape index (κ3) is 4.67. The summed E-state index contributed by atoms with van der Waals surface area (Å²) in [6.07, 6.45) is 2.46. The van der Waals surface area contributed by atoms with E-state index >= 15 is 0 Å². The van der Waals surface area contributed by atoms with Gasteiger partial charge in [-0.15, -0.1) is 0 Å². The molecule has 2 aliphatic heterocycles. The van der Waals surface area contributed by atoms with Gasteiger partial charge in [0.1, 0.15) is 0 Å². The third-order valence-corrected chi connectivity index (χ3v) is 7.91. The second-order valence-electron chi connectivity index (χ2n) is 8.99. The van der Waals surface area contributed by atoms with Crippen LogP contribution in [0.3, 0.4) is 0 Å². The van der Waals surface area contributed by atoms with E-state index in [1.54, 1.807) is 20.9 Å². The molecule has 0 radical (unpaired) electrons. The Balaban J connectivity index is 2.01. The van der Waals surface area contributed by atoms with E-state index in [2.05, 4.69) is 36.0 Å². The second kappa shape index (κ2) is 7.43. The lowest BCUT2D eigenvalue weighted by Crippen LogP contribution is -2.58. The van der Waals surface area contributed by atoms with Crippen molar-refractivity contribution in [1.29, 1.82) is 0 Å². The number of rotatable bonds is 2. The number of hydrogen-bond donors (Lipinski definition) is 1. The summed E-state index contributed by atoms with van der Waals surface area (Å²) in [7, 11) is -1.28. The van der Waals surface area contributed by atoms with E-state index in [1.807, 2.05) is 0 Å². The van der Waals surface area contributed by atoms with Gasteiger partial charge in [0.15, 0.2) is 15.8 Å². The van der Waals surface area contributed by atoms with Gasteiger partial charge in [-0.1, -0.05) is 20.8 Å². The quantitative estimate of drug-likeness (QED) is 0.591. The fourth-order valence-electron chi connectivity index (χ4n) is 3.89. The maximum absolute atomic E-state index is 12.2. The Kier molecular flexibility index (Phi) is 6.09. The van der Waals surface area contributed by atoms with Gasteiger partial charge in [0.2, 0.25) is 0 Å². The number of hydrogen-bond acceptors (Lipinski definition) is 4. The Labute approximate surface area is 153 Å². The largest absolute Gasteiger partial charge is 0.377 e. The monoisotopic (exact) mass is 373 g/mol. The predicted molar refractivity (Wildman–Crippen MR) is 103 cm³/mol. The molecule has 2 unspecified atom stereocenters. The summed E-state index contributed by atoms with van der Waals surface area (Å²) >= 11 is 0. The van der Waals surface area contributed by atoms with Gasteiger partial charge in [0.25, 0.3) is 0 Å². The molecule has 2 rings (SSSR count). The van der Waals surface area contributed by atoms with E-state index in [0.29, 0.717) is 19.0 Å². The zero-order chi connectivity index (χ0) is 18.9. The summed E-state index contributed by atoms with van der Waals surface area (Å²) in [5.74, 6) is 1.41. The lowest BCUT2D eigenvalue weighted by Gasteiger charge is -2.42. The molecule has 2 aliphatic rings. The van der Waals surface area contributed by atoms with Gasteiger partial charge in [0.05, 0.1) is 16.6 Å². The van der Waals surface area contributed by atoms with E-state index in [9.17, 15) is 8.42 Å². The number of nitrogens with zero attached hydrogens (tertiary/aromatic N) is 2. The number of guanidine groups is 1. The molecule has 25 heavy (non-hydrogen) atoms. The minimum Gasteiger partial charge on any atom is -0.377 e. The average Bonchev–Trinajstić information content (AvgIpc) is 2.51. The van der Waals surface area contributed by atoms with Gasteiger partial charge in [0, 0.05) is 39.2 Å². The molecule has 6 nitrogen and oxygen atoms in total. The van der Waals surface area contributed by atoms with Gasteiger partial charge in [-0.25, -0.2) is 8.42 Å². The standard InChI is InChI=1S/C18H35N3O3S/c1-17(2,3)15-14(8-7-10-24-15)12-20-16(19-6)21-9-11-25(22,23)18(4,5)13-21/h14-15H,7-13H2,1-6H3,(H,19,20). The molecule has 2 saturated heterocycles. The number of ether oxygens (including phenoxy) is 1. The van der Waals surface area contributed by atoms with Crippen LogP contribution in [0.25, 0.3) is 0 Å². The van der Waals surface area contributed by atoms with Gasteiger partial charge < -0.3 is 15.0 Å². The molecule has 0 aliphatic carbocycles. The smallest absolute Gasteiger partial charge is 0.193 e. The molecule has 7 heteroatoms. The van der Waals surface area contributed by atoms with Crippen molar-refractivity contribution < 1.29 is 13.2 Å². The molecule has 2 heterocycles. The van der Waals surface area contributed by atoms with Crippen LogP contribution >= 0.6 is 0 Å². The summed E-state index contributed by atoms with van der Waals surface area (Å²) in [5, 5.41) is 3.48. The summed E-state index contributed by atoms with van der Waals surface area (Å²) in [5.41, 5.74) is 0.109. The number of nitrogens with one attached hydrogen (secondary N) is 1. The lowest BCUT2D eigenvalue weighted by molar-refractivity contribution is -0.0836. The van der Waals surface area contributed by atoms with Crippen molar-refractivity contribution in [3.8, 4) is 0 Å². The van der Waals surface area contributed by atoms with Crippen LogP contribution in [-0.2, 0) is 14.6 Å². The molecular weight excluding hydrogens is 338 g/mol. The molecule has 0 bridgehead atoms. The Morgan fingerprint density at radius 2 is 2.04 bits per heavy atom. The van der Waals surface area contributed by atoms with Crippen molar-refractivity contribution in [3.05, 3.63) is 0 Å². The normalized spacial score (nSPS) is 30.2. The average molecular weight is 374 g/mol. The first-order valence-corrected chi connectivity index (χ1v) is 10.9. The van der Waals surface area contributed by atoms with E-state index in [4.69, 9.17) is 4.74 Å². The van der Waals surface area contributed by atoms with Crippen molar-refractivity contribution in [1.82, 2.24) is 10.2 Å².